The van der Waals surface area contributed by atoms with Gasteiger partial charge >= 0.3 is 5.97 Å². The molecule has 4 heterocycles. The second kappa shape index (κ2) is 31.7. The molecule has 462 valence electrons. The van der Waals surface area contributed by atoms with E-state index in [1.807, 2.05) is 146 Å². The molecule has 2 aliphatic heterocycles. The summed E-state index contributed by atoms with van der Waals surface area (Å²) in [5.41, 5.74) is 3.12. The number of halogens is 3. The van der Waals surface area contributed by atoms with Crippen LogP contribution in [0.25, 0.3) is 10.9 Å². The zero-order valence-corrected chi connectivity index (χ0v) is 52.5. The fourth-order valence-corrected chi connectivity index (χ4v) is 12.0. The van der Waals surface area contributed by atoms with Gasteiger partial charge in [0.25, 0.3) is 11.8 Å². The van der Waals surface area contributed by atoms with Gasteiger partial charge < -0.3 is 77.3 Å². The van der Waals surface area contributed by atoms with Crippen molar-refractivity contribution in [3.05, 3.63) is 238 Å². The number of rotatable bonds is 30. The molecule has 0 saturated carbocycles. The molecule has 0 unspecified atom stereocenters. The lowest BCUT2D eigenvalue weighted by Gasteiger charge is -2.49. The number of carbonyl (C=O) groups excluding carboxylic acids is 3. The number of β-lactam (4-membered cyclic amide) rings is 1. The summed E-state index contributed by atoms with van der Waals surface area (Å²) in [4.78, 5) is 56.1. The van der Waals surface area contributed by atoms with E-state index in [-0.39, 0.29) is 79.7 Å². The molecule has 0 spiro atoms. The minimum absolute atomic E-state index is 0. The van der Waals surface area contributed by atoms with E-state index in [0.29, 0.717) is 28.6 Å². The number of fused-ring (bicyclic) bond motifs is 2. The third-order valence-electron chi connectivity index (χ3n) is 14.3. The molecule has 6 aromatic carbocycles. The first kappa shape index (κ1) is 65.2. The van der Waals surface area contributed by atoms with Crippen molar-refractivity contribution >= 4 is 62.6 Å². The van der Waals surface area contributed by atoms with Crippen molar-refractivity contribution in [2.75, 3.05) is 72.4 Å². The van der Waals surface area contributed by atoms with E-state index in [9.17, 15) is 9.59 Å². The van der Waals surface area contributed by atoms with Crippen LogP contribution in [0.1, 0.15) is 33.5 Å². The number of benzene rings is 6. The van der Waals surface area contributed by atoms with Gasteiger partial charge in [0.2, 0.25) is 17.0 Å². The third-order valence-corrected chi connectivity index (χ3v) is 16.4. The Labute approximate surface area is 538 Å². The number of carbonyl (C=O) groups is 3. The number of thioether (sulfide) groups is 1. The van der Waals surface area contributed by atoms with Gasteiger partial charge in [0.15, 0.2) is 48.8 Å². The second-order valence-corrected chi connectivity index (χ2v) is 21.8. The number of allylic oxidation sites excluding steroid dienone is 2. The quantitative estimate of drug-likeness (QED) is 0.00547. The average molecular weight is 1360 g/mol. The van der Waals surface area contributed by atoms with Crippen molar-refractivity contribution in [2.24, 2.45) is 5.16 Å². The third kappa shape index (κ3) is 15.4. The molecule has 2 aromatic heterocycles. The Morgan fingerprint density at radius 3 is 2.03 bits per heavy atom. The molecule has 0 bridgehead atoms. The number of para-hydroxylation sites is 1. The highest BCUT2D eigenvalue weighted by Crippen LogP contribution is 2.43. The number of methoxy groups -OCH3 is 3. The predicted molar refractivity (Wildman–Crippen MR) is 327 cm³/mol. The van der Waals surface area contributed by atoms with Gasteiger partial charge in [-0.3, -0.25) is 14.5 Å². The smallest absolute Gasteiger partial charge is 0.355 e. The van der Waals surface area contributed by atoms with E-state index in [2.05, 4.69) is 20.4 Å². The first-order chi connectivity index (χ1) is 43.1. The number of pyridine rings is 1. The fraction of sp³-hybridized carbons (Fsp3) is 0.242. The van der Waals surface area contributed by atoms with E-state index in [1.165, 1.54) is 42.2 Å². The summed E-state index contributed by atoms with van der Waals surface area (Å²) in [5, 5.41) is 13.0. The molecular formula is C66H63F2IN6O12S2. The summed E-state index contributed by atoms with van der Waals surface area (Å²) >= 11 is 2.51. The Morgan fingerprint density at radius 1 is 0.775 bits per heavy atom. The van der Waals surface area contributed by atoms with Crippen LogP contribution in [0.15, 0.2) is 198 Å². The number of nitrogens with zero attached hydrogens (tertiary/aromatic N) is 4. The summed E-state index contributed by atoms with van der Waals surface area (Å²) in [6.45, 7) is -0.726. The molecule has 2 aliphatic rings. The van der Waals surface area contributed by atoms with Gasteiger partial charge in [-0.25, -0.2) is 18.6 Å². The minimum Gasteiger partial charge on any atom is -1.00 e. The Kier molecular flexibility index (Phi) is 23.2. The van der Waals surface area contributed by atoms with Crippen molar-refractivity contribution in [1.29, 1.82) is 0 Å². The van der Waals surface area contributed by atoms with Crippen LogP contribution in [0.5, 0.6) is 17.2 Å². The molecule has 23 heteroatoms. The molecular weight excluding hydrogens is 1300 g/mol. The van der Waals surface area contributed by atoms with Gasteiger partial charge in [0, 0.05) is 48.4 Å². The number of aromatic nitrogens is 2. The van der Waals surface area contributed by atoms with Crippen molar-refractivity contribution in [1.82, 2.24) is 15.2 Å². The van der Waals surface area contributed by atoms with E-state index < -0.39 is 83.8 Å². The zero-order chi connectivity index (χ0) is 61.2. The molecule has 10 rings (SSSR count). The van der Waals surface area contributed by atoms with Crippen molar-refractivity contribution in [2.45, 2.75) is 36.7 Å². The maximum Gasteiger partial charge on any atom is 0.355 e. The van der Waals surface area contributed by atoms with Gasteiger partial charge in [-0.05, 0) is 64.2 Å². The highest BCUT2D eigenvalue weighted by atomic mass is 127. The molecule has 0 aliphatic carbocycles. The summed E-state index contributed by atoms with van der Waals surface area (Å²) in [7, 11) is 4.52. The predicted octanol–water partition coefficient (Wildman–Crippen LogP) is 6.85. The maximum absolute atomic E-state index is 16.6. The van der Waals surface area contributed by atoms with E-state index in [1.54, 1.807) is 36.8 Å². The number of hydrogen-bond donors (Lipinski definition) is 2. The number of ether oxygens (including phenoxy) is 8. The van der Waals surface area contributed by atoms with Crippen LogP contribution in [0.2, 0.25) is 0 Å². The van der Waals surface area contributed by atoms with E-state index in [4.69, 9.17) is 47.7 Å². The van der Waals surface area contributed by atoms with Crippen LogP contribution in [-0.2, 0) is 68.2 Å². The van der Waals surface area contributed by atoms with Gasteiger partial charge in [-0.15, -0.1) is 23.1 Å². The number of oxime groups is 1. The highest BCUT2D eigenvalue weighted by Gasteiger charge is 2.54. The van der Waals surface area contributed by atoms with Crippen LogP contribution in [0.4, 0.5) is 13.9 Å². The first-order valence-corrected chi connectivity index (χ1v) is 29.9. The van der Waals surface area contributed by atoms with Crippen LogP contribution < -0.4 is 53.4 Å². The first-order valence-electron chi connectivity index (χ1n) is 27.9. The molecule has 18 nitrogen and oxygen atoms in total. The summed E-state index contributed by atoms with van der Waals surface area (Å²) in [6, 6.07) is 48.2. The van der Waals surface area contributed by atoms with Gasteiger partial charge in [-0.1, -0.05) is 126 Å². The molecule has 2 N–H and O–H groups in total. The lowest BCUT2D eigenvalue weighted by molar-refractivity contribution is -0.661. The normalized spacial score (nSPS) is 14.8. The standard InChI is InChI=1S/C66H62F2N6O12S2.HI/c1-78-33-35-81-42-84-59-52(67)37-47(55(68)60(59)85-43-82-36-34-79-2)39-86-72-56(53-41-88-65(69-53)71-66(48-20-7-4-8-21-48,49-22-9-5-10-23-49)50-24-11-6-12-25-50)61(75)70-57-62(76)74-58(64(77)83-38-44-27-29-51(80-3)30-28-44)46(40-87-63(57)74)19-16-32-73-31-15-18-45-17-13-14-26-54(45)73;/h4-31,37,41,57,63H,32-36,38-40,42-43H2,1-3H3,(H-,69,70,71,75);1H/b19-16+,72-56-;/t57-,63+;/m0./s1. The van der Waals surface area contributed by atoms with Crippen molar-refractivity contribution in [3.63, 3.8) is 0 Å². The number of nitrogens with one attached hydrogen (secondary N) is 2. The fourth-order valence-electron chi connectivity index (χ4n) is 9.96. The number of hydrogen-bond acceptors (Lipinski definition) is 17. The van der Waals surface area contributed by atoms with Gasteiger partial charge in [0.05, 0.1) is 33.5 Å². The molecule has 1 saturated heterocycles. The van der Waals surface area contributed by atoms with Crippen LogP contribution in [-0.4, -0.2) is 112 Å². The Bertz CT molecular complexity index is 3690. The lowest BCUT2D eigenvalue weighted by atomic mass is 9.77. The number of thiazole rings is 1. The lowest BCUT2D eigenvalue weighted by Crippen LogP contribution is -3.00. The molecule has 8 aromatic rings. The molecule has 89 heavy (non-hydrogen) atoms. The molecule has 1 fully saturated rings. The van der Waals surface area contributed by atoms with E-state index in [0.717, 1.165) is 33.7 Å². The minimum atomic E-state index is -1.19. The summed E-state index contributed by atoms with van der Waals surface area (Å²) in [5.74, 6) is -4.68. The summed E-state index contributed by atoms with van der Waals surface area (Å²) < 4.78 is 77.7. The number of amides is 2. The van der Waals surface area contributed by atoms with Gasteiger partial charge in [-0.2, -0.15) is 4.57 Å². The topological polar surface area (TPSA) is 191 Å². The van der Waals surface area contributed by atoms with Crippen LogP contribution >= 0.6 is 23.1 Å². The second-order valence-electron chi connectivity index (χ2n) is 19.8. The van der Waals surface area contributed by atoms with E-state index >= 15 is 13.6 Å². The summed E-state index contributed by atoms with van der Waals surface area (Å²) in [6.07, 6.45) is 5.70. The maximum atomic E-state index is 16.6. The van der Waals surface area contributed by atoms with Crippen LogP contribution in [0, 0.1) is 11.6 Å². The number of esters is 1. The Morgan fingerprint density at radius 2 is 1.39 bits per heavy atom. The largest absolute Gasteiger partial charge is 1.00 e. The van der Waals surface area contributed by atoms with Gasteiger partial charge in [0.1, 0.15) is 47.3 Å². The zero-order valence-electron chi connectivity index (χ0n) is 48.7. The van der Waals surface area contributed by atoms with Crippen molar-refractivity contribution < 1.29 is 94.4 Å². The average Bonchev–Trinajstić information content (AvgIpc) is 1.44. The monoisotopic (exact) mass is 1360 g/mol. The Balaban J connectivity index is 0.00000941. The Hall–Kier alpha value is -8.30. The van der Waals surface area contributed by atoms with Crippen molar-refractivity contribution in [3.8, 4) is 17.2 Å². The number of anilines is 1. The molecule has 2 atom stereocenters. The highest BCUT2D eigenvalue weighted by molar-refractivity contribution is 8.00. The molecule has 0 radical (unpaired) electrons. The SMILES string of the molecule is COCCOCOc1c(F)cc(CO/N=C(\C(=O)N[C@H]2C(=O)N3C(C(=O)OCc4ccc(OC)cc4)=C(/C=C/C[n+]4cccc5ccccc54)CS[C@H]23)c2csc(NC(c3ccccc3)(c3ccccc3)c3ccccc3)n2)c(F)c1OCOCCOC.[I-]. The van der Waals surface area contributed by atoms with Crippen LogP contribution in [0.3, 0.4) is 0 Å². The molecule has 2 amide bonds.